The third-order valence-electron chi connectivity index (χ3n) is 2.80. The molecule has 0 atom stereocenters. The highest BCUT2D eigenvalue weighted by atomic mass is 35.5. The summed E-state index contributed by atoms with van der Waals surface area (Å²) < 4.78 is 0. The SMILES string of the molecule is Cc1cc(Cl)ccc1NC(=O)CCc1ccccn1. The summed E-state index contributed by atoms with van der Waals surface area (Å²) in [4.78, 5) is 16.0. The second-order valence-electron chi connectivity index (χ2n) is 4.33. The van der Waals surface area contributed by atoms with Gasteiger partial charge in [-0.2, -0.15) is 0 Å². The zero-order valence-electron chi connectivity index (χ0n) is 10.7. The fourth-order valence-corrected chi connectivity index (χ4v) is 1.99. The van der Waals surface area contributed by atoms with Gasteiger partial charge in [-0.25, -0.2) is 0 Å². The van der Waals surface area contributed by atoms with Gasteiger partial charge in [0, 0.05) is 29.0 Å². The number of carbonyl (C=O) groups excluding carboxylic acids is 1. The zero-order chi connectivity index (χ0) is 13.7. The van der Waals surface area contributed by atoms with E-state index in [2.05, 4.69) is 10.3 Å². The molecule has 3 nitrogen and oxygen atoms in total. The summed E-state index contributed by atoms with van der Waals surface area (Å²) in [5.41, 5.74) is 2.68. The molecule has 1 aromatic heterocycles. The molecule has 0 aliphatic rings. The smallest absolute Gasteiger partial charge is 0.224 e. The standard InChI is InChI=1S/C15H15ClN2O/c1-11-10-12(16)5-7-14(11)18-15(19)8-6-13-4-2-3-9-17-13/h2-5,7,9-10H,6,8H2,1H3,(H,18,19). The molecule has 2 rings (SSSR count). The first-order valence-electron chi connectivity index (χ1n) is 6.11. The van der Waals surface area contributed by atoms with Crippen molar-refractivity contribution < 1.29 is 4.79 Å². The van der Waals surface area contributed by atoms with Gasteiger partial charge in [0.2, 0.25) is 5.91 Å². The van der Waals surface area contributed by atoms with E-state index in [0.717, 1.165) is 16.9 Å². The van der Waals surface area contributed by atoms with E-state index in [1.165, 1.54) is 0 Å². The Morgan fingerprint density at radius 3 is 2.84 bits per heavy atom. The monoisotopic (exact) mass is 274 g/mol. The van der Waals surface area contributed by atoms with Gasteiger partial charge in [0.1, 0.15) is 0 Å². The highest BCUT2D eigenvalue weighted by molar-refractivity contribution is 6.30. The number of amides is 1. The number of carbonyl (C=O) groups is 1. The highest BCUT2D eigenvalue weighted by Gasteiger charge is 2.06. The number of rotatable bonds is 4. The van der Waals surface area contributed by atoms with Crippen molar-refractivity contribution in [2.45, 2.75) is 19.8 Å². The van der Waals surface area contributed by atoms with Gasteiger partial charge >= 0.3 is 0 Å². The van der Waals surface area contributed by atoms with E-state index in [4.69, 9.17) is 11.6 Å². The molecule has 0 aliphatic carbocycles. The summed E-state index contributed by atoms with van der Waals surface area (Å²) in [5, 5.41) is 3.55. The lowest BCUT2D eigenvalue weighted by Crippen LogP contribution is -2.13. The van der Waals surface area contributed by atoms with Gasteiger partial charge in [-0.15, -0.1) is 0 Å². The average molecular weight is 275 g/mol. The van der Waals surface area contributed by atoms with Gasteiger partial charge < -0.3 is 5.32 Å². The number of aryl methyl sites for hydroxylation is 2. The molecule has 0 aliphatic heterocycles. The van der Waals surface area contributed by atoms with Gasteiger partial charge in [-0.05, 0) is 49.2 Å². The summed E-state index contributed by atoms with van der Waals surface area (Å²) >= 11 is 5.87. The van der Waals surface area contributed by atoms with Crippen molar-refractivity contribution in [1.29, 1.82) is 0 Å². The molecule has 2 aromatic rings. The second kappa shape index (κ2) is 6.34. The predicted molar refractivity (Wildman–Crippen MR) is 77.4 cm³/mol. The van der Waals surface area contributed by atoms with E-state index >= 15 is 0 Å². The number of nitrogens with one attached hydrogen (secondary N) is 1. The number of benzene rings is 1. The van der Waals surface area contributed by atoms with Crippen LogP contribution < -0.4 is 5.32 Å². The first kappa shape index (κ1) is 13.6. The predicted octanol–water partition coefficient (Wildman–Crippen LogP) is 3.61. The fraction of sp³-hybridized carbons (Fsp3) is 0.200. The van der Waals surface area contributed by atoms with Crippen LogP contribution in [0.1, 0.15) is 17.7 Å². The Kier molecular flexibility index (Phi) is 4.53. The third-order valence-corrected chi connectivity index (χ3v) is 3.03. The zero-order valence-corrected chi connectivity index (χ0v) is 11.4. The van der Waals surface area contributed by atoms with E-state index in [1.807, 2.05) is 37.3 Å². The quantitative estimate of drug-likeness (QED) is 0.925. The maximum absolute atomic E-state index is 11.9. The number of pyridine rings is 1. The highest BCUT2D eigenvalue weighted by Crippen LogP contribution is 2.19. The normalized spacial score (nSPS) is 10.2. The molecule has 0 bridgehead atoms. The fourth-order valence-electron chi connectivity index (χ4n) is 1.77. The van der Waals surface area contributed by atoms with Crippen LogP contribution in [0.15, 0.2) is 42.6 Å². The average Bonchev–Trinajstić information content (AvgIpc) is 2.41. The van der Waals surface area contributed by atoms with Crippen LogP contribution in [-0.4, -0.2) is 10.9 Å². The summed E-state index contributed by atoms with van der Waals surface area (Å²) in [6.07, 6.45) is 2.79. The van der Waals surface area contributed by atoms with E-state index in [0.29, 0.717) is 17.9 Å². The number of nitrogens with zero attached hydrogens (tertiary/aromatic N) is 1. The number of hydrogen-bond donors (Lipinski definition) is 1. The molecule has 4 heteroatoms. The summed E-state index contributed by atoms with van der Waals surface area (Å²) in [7, 11) is 0. The number of halogens is 1. The Labute approximate surface area is 117 Å². The van der Waals surface area contributed by atoms with Crippen molar-refractivity contribution in [2.24, 2.45) is 0 Å². The van der Waals surface area contributed by atoms with Crippen LogP contribution in [0.25, 0.3) is 0 Å². The largest absolute Gasteiger partial charge is 0.326 e. The van der Waals surface area contributed by atoms with Crippen molar-refractivity contribution in [3.63, 3.8) is 0 Å². The Balaban J connectivity index is 1.91. The number of aromatic nitrogens is 1. The molecule has 0 spiro atoms. The molecule has 0 fully saturated rings. The molecule has 98 valence electrons. The van der Waals surface area contributed by atoms with Gasteiger partial charge in [0.15, 0.2) is 0 Å². The van der Waals surface area contributed by atoms with Gasteiger partial charge in [-0.3, -0.25) is 9.78 Å². The van der Waals surface area contributed by atoms with Crippen molar-refractivity contribution >= 4 is 23.2 Å². The van der Waals surface area contributed by atoms with E-state index in [1.54, 1.807) is 12.3 Å². The maximum Gasteiger partial charge on any atom is 0.224 e. The summed E-state index contributed by atoms with van der Waals surface area (Å²) in [6, 6.07) is 11.1. The Morgan fingerprint density at radius 2 is 2.16 bits per heavy atom. The molecule has 1 aromatic carbocycles. The minimum atomic E-state index is -0.0175. The lowest BCUT2D eigenvalue weighted by molar-refractivity contribution is -0.116. The van der Waals surface area contributed by atoms with E-state index < -0.39 is 0 Å². The van der Waals surface area contributed by atoms with Crippen molar-refractivity contribution in [3.05, 3.63) is 58.9 Å². The van der Waals surface area contributed by atoms with Crippen LogP contribution in [-0.2, 0) is 11.2 Å². The lowest BCUT2D eigenvalue weighted by Gasteiger charge is -2.08. The van der Waals surface area contributed by atoms with Gasteiger partial charge in [0.25, 0.3) is 0 Å². The molecule has 0 saturated heterocycles. The summed E-state index contributed by atoms with van der Waals surface area (Å²) in [5.74, 6) is -0.0175. The Morgan fingerprint density at radius 1 is 1.32 bits per heavy atom. The third kappa shape index (κ3) is 4.07. The molecule has 19 heavy (non-hydrogen) atoms. The second-order valence-corrected chi connectivity index (χ2v) is 4.76. The van der Waals surface area contributed by atoms with Crippen LogP contribution >= 0.6 is 11.6 Å². The maximum atomic E-state index is 11.9. The van der Waals surface area contributed by atoms with Crippen molar-refractivity contribution in [3.8, 4) is 0 Å². The molecule has 0 radical (unpaired) electrons. The van der Waals surface area contributed by atoms with Crippen LogP contribution in [0.2, 0.25) is 5.02 Å². The number of hydrogen-bond acceptors (Lipinski definition) is 2. The first-order chi connectivity index (χ1) is 9.15. The van der Waals surface area contributed by atoms with Crippen LogP contribution in [0.5, 0.6) is 0 Å². The topological polar surface area (TPSA) is 42.0 Å². The van der Waals surface area contributed by atoms with Crippen LogP contribution in [0.3, 0.4) is 0 Å². The minimum absolute atomic E-state index is 0.0175. The molecule has 1 N–H and O–H groups in total. The Hall–Kier alpha value is -1.87. The molecular weight excluding hydrogens is 260 g/mol. The minimum Gasteiger partial charge on any atom is -0.326 e. The molecule has 1 amide bonds. The first-order valence-corrected chi connectivity index (χ1v) is 6.49. The lowest BCUT2D eigenvalue weighted by atomic mass is 10.2. The van der Waals surface area contributed by atoms with E-state index in [-0.39, 0.29) is 5.91 Å². The Bertz CT molecular complexity index is 570. The van der Waals surface area contributed by atoms with Crippen LogP contribution in [0, 0.1) is 6.92 Å². The van der Waals surface area contributed by atoms with E-state index in [9.17, 15) is 4.79 Å². The van der Waals surface area contributed by atoms with Crippen molar-refractivity contribution in [2.75, 3.05) is 5.32 Å². The van der Waals surface area contributed by atoms with Crippen LogP contribution in [0.4, 0.5) is 5.69 Å². The molecule has 0 saturated carbocycles. The molecular formula is C15H15ClN2O. The number of anilines is 1. The van der Waals surface area contributed by atoms with Gasteiger partial charge in [0.05, 0.1) is 0 Å². The molecule has 1 heterocycles. The van der Waals surface area contributed by atoms with Gasteiger partial charge in [-0.1, -0.05) is 17.7 Å². The van der Waals surface area contributed by atoms with Crippen molar-refractivity contribution in [1.82, 2.24) is 4.98 Å². The molecule has 0 unspecified atom stereocenters. The summed E-state index contributed by atoms with van der Waals surface area (Å²) in [6.45, 7) is 1.92.